The van der Waals surface area contributed by atoms with Crippen molar-refractivity contribution in [1.82, 2.24) is 20.4 Å². The number of benzene rings is 1. The van der Waals surface area contributed by atoms with Crippen LogP contribution in [0.15, 0.2) is 24.3 Å². The van der Waals surface area contributed by atoms with Gasteiger partial charge in [-0.3, -0.25) is 14.5 Å². The molecule has 1 atom stereocenters. The number of hydrogen-bond acceptors (Lipinski definition) is 5. The summed E-state index contributed by atoms with van der Waals surface area (Å²) in [4.78, 5) is 28.2. The Kier molecular flexibility index (Phi) is 7.96. The van der Waals surface area contributed by atoms with E-state index < -0.39 is 11.8 Å². The van der Waals surface area contributed by atoms with Crippen molar-refractivity contribution >= 4 is 11.8 Å². The Balaban J connectivity index is 1.98. The Morgan fingerprint density at radius 1 is 1.12 bits per heavy atom. The number of aliphatic hydroxyl groups is 1. The third-order valence-corrected chi connectivity index (χ3v) is 4.52. The summed E-state index contributed by atoms with van der Waals surface area (Å²) in [7, 11) is 2.06. The lowest BCUT2D eigenvalue weighted by atomic mass is 10.0. The smallest absolute Gasteiger partial charge is 0.309 e. The van der Waals surface area contributed by atoms with Crippen LogP contribution in [0.5, 0.6) is 0 Å². The van der Waals surface area contributed by atoms with Crippen LogP contribution in [-0.4, -0.2) is 79.6 Å². The van der Waals surface area contributed by atoms with E-state index in [4.69, 9.17) is 5.11 Å². The van der Waals surface area contributed by atoms with Crippen LogP contribution >= 0.6 is 0 Å². The first kappa shape index (κ1) is 20.3. The van der Waals surface area contributed by atoms with Crippen molar-refractivity contribution in [1.29, 1.82) is 0 Å². The molecule has 1 fully saturated rings. The fraction of sp³-hybridized carbons (Fsp3) is 0.556. The van der Waals surface area contributed by atoms with Gasteiger partial charge in [-0.1, -0.05) is 12.1 Å². The lowest BCUT2D eigenvalue weighted by Crippen LogP contribution is -2.49. The minimum Gasteiger partial charge on any atom is -0.396 e. The highest BCUT2D eigenvalue weighted by molar-refractivity contribution is 6.35. The first-order valence-corrected chi connectivity index (χ1v) is 8.86. The maximum Gasteiger partial charge on any atom is 0.309 e. The summed E-state index contributed by atoms with van der Waals surface area (Å²) < 4.78 is 13.3. The van der Waals surface area contributed by atoms with Crippen LogP contribution in [0, 0.1) is 5.82 Å². The van der Waals surface area contributed by atoms with Gasteiger partial charge in [0.05, 0.1) is 6.04 Å². The molecule has 0 radical (unpaired) electrons. The van der Waals surface area contributed by atoms with Gasteiger partial charge < -0.3 is 20.6 Å². The average molecular weight is 366 g/mol. The highest BCUT2D eigenvalue weighted by Gasteiger charge is 2.25. The molecule has 1 aromatic carbocycles. The number of hydrogen-bond donors (Lipinski definition) is 3. The summed E-state index contributed by atoms with van der Waals surface area (Å²) in [6, 6.07) is 6.11. The highest BCUT2D eigenvalue weighted by atomic mass is 19.1. The SMILES string of the molecule is CN1CCN(C(CNC(=O)C(=O)NCCCO)c2ccc(F)cc2)CC1. The van der Waals surface area contributed by atoms with Crippen molar-refractivity contribution in [3.8, 4) is 0 Å². The van der Waals surface area contributed by atoms with Crippen LogP contribution in [0.3, 0.4) is 0 Å². The molecule has 1 aliphatic heterocycles. The van der Waals surface area contributed by atoms with Gasteiger partial charge in [0, 0.05) is 45.9 Å². The summed E-state index contributed by atoms with van der Waals surface area (Å²) >= 11 is 0. The third-order valence-electron chi connectivity index (χ3n) is 4.52. The number of rotatable bonds is 7. The molecule has 1 saturated heterocycles. The van der Waals surface area contributed by atoms with Crippen LogP contribution in [0.2, 0.25) is 0 Å². The van der Waals surface area contributed by atoms with Gasteiger partial charge in [0.25, 0.3) is 0 Å². The molecule has 0 spiro atoms. The fourth-order valence-corrected chi connectivity index (χ4v) is 2.91. The van der Waals surface area contributed by atoms with Gasteiger partial charge in [0.15, 0.2) is 0 Å². The summed E-state index contributed by atoms with van der Waals surface area (Å²) in [6.45, 7) is 3.96. The highest BCUT2D eigenvalue weighted by Crippen LogP contribution is 2.22. The van der Waals surface area contributed by atoms with E-state index in [1.807, 2.05) is 0 Å². The first-order valence-electron chi connectivity index (χ1n) is 8.86. The Bertz CT molecular complexity index is 589. The molecule has 0 bridgehead atoms. The van der Waals surface area contributed by atoms with E-state index in [1.165, 1.54) is 12.1 Å². The second-order valence-electron chi connectivity index (χ2n) is 6.45. The number of likely N-dealkylation sites (N-methyl/N-ethyl adjacent to an activating group) is 1. The number of nitrogens with zero attached hydrogens (tertiary/aromatic N) is 2. The number of halogens is 1. The number of aliphatic hydroxyl groups excluding tert-OH is 1. The van der Waals surface area contributed by atoms with Crippen LogP contribution < -0.4 is 10.6 Å². The molecule has 1 unspecified atom stereocenters. The molecule has 0 aromatic heterocycles. The van der Waals surface area contributed by atoms with Crippen molar-refractivity contribution in [3.63, 3.8) is 0 Å². The molecule has 3 N–H and O–H groups in total. The summed E-state index contributed by atoms with van der Waals surface area (Å²) in [6.07, 6.45) is 0.401. The largest absolute Gasteiger partial charge is 0.396 e. The van der Waals surface area contributed by atoms with Crippen molar-refractivity contribution in [2.75, 3.05) is 52.9 Å². The summed E-state index contributed by atoms with van der Waals surface area (Å²) in [5, 5.41) is 13.8. The zero-order valence-corrected chi connectivity index (χ0v) is 15.1. The molecule has 144 valence electrons. The number of carbonyl (C=O) groups excluding carboxylic acids is 2. The van der Waals surface area contributed by atoms with Crippen molar-refractivity contribution in [2.45, 2.75) is 12.5 Å². The molecular formula is C18H27FN4O3. The number of carbonyl (C=O) groups is 2. The van der Waals surface area contributed by atoms with Crippen molar-refractivity contribution in [2.24, 2.45) is 0 Å². The molecule has 1 heterocycles. The normalized spacial score (nSPS) is 16.9. The van der Waals surface area contributed by atoms with E-state index in [-0.39, 0.29) is 31.6 Å². The van der Waals surface area contributed by atoms with E-state index >= 15 is 0 Å². The molecule has 1 aromatic rings. The van der Waals surface area contributed by atoms with Gasteiger partial charge in [0.1, 0.15) is 5.82 Å². The lowest BCUT2D eigenvalue weighted by molar-refractivity contribution is -0.139. The molecular weight excluding hydrogens is 339 g/mol. The Morgan fingerprint density at radius 2 is 1.73 bits per heavy atom. The zero-order valence-electron chi connectivity index (χ0n) is 15.1. The number of amides is 2. The van der Waals surface area contributed by atoms with Crippen LogP contribution in [0.1, 0.15) is 18.0 Å². The van der Waals surface area contributed by atoms with Gasteiger partial charge in [0.2, 0.25) is 0 Å². The molecule has 1 aliphatic rings. The predicted octanol–water partition coefficient (Wildman–Crippen LogP) is -0.271. The van der Waals surface area contributed by atoms with Gasteiger partial charge >= 0.3 is 11.8 Å². The lowest BCUT2D eigenvalue weighted by Gasteiger charge is -2.38. The number of piperazine rings is 1. The molecule has 0 saturated carbocycles. The van der Waals surface area contributed by atoms with E-state index in [9.17, 15) is 14.0 Å². The van der Waals surface area contributed by atoms with E-state index in [2.05, 4.69) is 27.5 Å². The van der Waals surface area contributed by atoms with E-state index in [1.54, 1.807) is 12.1 Å². The molecule has 2 amide bonds. The quantitative estimate of drug-likeness (QED) is 0.457. The summed E-state index contributed by atoms with van der Waals surface area (Å²) in [5.41, 5.74) is 0.900. The second kappa shape index (κ2) is 10.2. The molecule has 0 aliphatic carbocycles. The van der Waals surface area contributed by atoms with Gasteiger partial charge in [-0.2, -0.15) is 0 Å². The van der Waals surface area contributed by atoms with Gasteiger partial charge in [-0.05, 0) is 31.2 Å². The van der Waals surface area contributed by atoms with E-state index in [0.717, 1.165) is 31.7 Å². The number of nitrogens with one attached hydrogen (secondary N) is 2. The molecule has 2 rings (SSSR count). The summed E-state index contributed by atoms with van der Waals surface area (Å²) in [5.74, 6) is -1.72. The predicted molar refractivity (Wildman–Crippen MR) is 95.9 cm³/mol. The molecule has 7 nitrogen and oxygen atoms in total. The average Bonchev–Trinajstić information content (AvgIpc) is 2.64. The van der Waals surface area contributed by atoms with Crippen molar-refractivity contribution < 1.29 is 19.1 Å². The minimum absolute atomic E-state index is 0.0437. The monoisotopic (exact) mass is 366 g/mol. The maximum atomic E-state index is 13.3. The van der Waals surface area contributed by atoms with Crippen LogP contribution in [0.4, 0.5) is 4.39 Å². The fourth-order valence-electron chi connectivity index (χ4n) is 2.91. The second-order valence-corrected chi connectivity index (χ2v) is 6.45. The maximum absolute atomic E-state index is 13.3. The Morgan fingerprint density at radius 3 is 2.35 bits per heavy atom. The first-order chi connectivity index (χ1) is 12.5. The Labute approximate surface area is 153 Å². The van der Waals surface area contributed by atoms with Crippen LogP contribution in [-0.2, 0) is 9.59 Å². The standard InChI is InChI=1S/C18H27FN4O3/c1-22-8-10-23(11-9-22)16(14-3-5-15(19)6-4-14)13-21-18(26)17(25)20-7-2-12-24/h3-6,16,24H,2,7-13H2,1H3,(H,20,25)(H,21,26). The molecule has 26 heavy (non-hydrogen) atoms. The Hall–Kier alpha value is -2.03. The third kappa shape index (κ3) is 6.05. The van der Waals surface area contributed by atoms with Crippen LogP contribution in [0.25, 0.3) is 0 Å². The van der Waals surface area contributed by atoms with Gasteiger partial charge in [-0.15, -0.1) is 0 Å². The molecule has 8 heteroatoms. The van der Waals surface area contributed by atoms with Gasteiger partial charge in [-0.25, -0.2) is 4.39 Å². The topological polar surface area (TPSA) is 84.9 Å². The minimum atomic E-state index is -0.713. The van der Waals surface area contributed by atoms with E-state index in [0.29, 0.717) is 6.42 Å². The van der Waals surface area contributed by atoms with Crippen molar-refractivity contribution in [3.05, 3.63) is 35.6 Å². The zero-order chi connectivity index (χ0) is 18.9.